The van der Waals surface area contributed by atoms with Crippen molar-refractivity contribution in [1.82, 2.24) is 5.32 Å². The predicted octanol–water partition coefficient (Wildman–Crippen LogP) is 2.85. The first-order chi connectivity index (χ1) is 7.70. The lowest BCUT2D eigenvalue weighted by Gasteiger charge is -2.36. The molecular weight excluding hydrogens is 313 g/mol. The van der Waals surface area contributed by atoms with E-state index in [4.69, 9.17) is 0 Å². The minimum atomic E-state index is -0.434. The van der Waals surface area contributed by atoms with Gasteiger partial charge in [0.25, 0.3) is 0 Å². The standard InChI is InChI=1S/C13H16INO/c1-15-13(9-5-4-8-12(13)16)10-6-2-3-7-11(10)14/h2-3,6-7,15H,4-5,8-9H2,1H3. The van der Waals surface area contributed by atoms with Crippen molar-refractivity contribution in [2.75, 3.05) is 7.05 Å². The largest absolute Gasteiger partial charge is 0.304 e. The monoisotopic (exact) mass is 329 g/mol. The number of halogens is 1. The lowest BCUT2D eigenvalue weighted by molar-refractivity contribution is -0.127. The normalized spacial score (nSPS) is 25.8. The molecule has 0 heterocycles. The zero-order chi connectivity index (χ0) is 11.6. The van der Waals surface area contributed by atoms with Crippen LogP contribution < -0.4 is 5.32 Å². The van der Waals surface area contributed by atoms with E-state index in [1.54, 1.807) is 0 Å². The van der Waals surface area contributed by atoms with Crippen LogP contribution in [0.1, 0.15) is 31.2 Å². The van der Waals surface area contributed by atoms with Gasteiger partial charge >= 0.3 is 0 Å². The lowest BCUT2D eigenvalue weighted by atomic mass is 9.75. The van der Waals surface area contributed by atoms with E-state index in [-0.39, 0.29) is 0 Å². The minimum absolute atomic E-state index is 0.338. The van der Waals surface area contributed by atoms with Crippen molar-refractivity contribution in [3.8, 4) is 0 Å². The SMILES string of the molecule is CNC1(c2ccccc2I)CCCCC1=O. The Morgan fingerprint density at radius 3 is 2.69 bits per heavy atom. The summed E-state index contributed by atoms with van der Waals surface area (Å²) in [6, 6.07) is 8.17. The van der Waals surface area contributed by atoms with E-state index in [9.17, 15) is 4.79 Å². The molecule has 1 aromatic carbocycles. The van der Waals surface area contributed by atoms with E-state index in [1.165, 1.54) is 3.57 Å². The van der Waals surface area contributed by atoms with Crippen LogP contribution in [0, 0.1) is 3.57 Å². The Kier molecular flexibility index (Phi) is 3.64. The quantitative estimate of drug-likeness (QED) is 0.846. The average Bonchev–Trinajstić information content (AvgIpc) is 2.31. The summed E-state index contributed by atoms with van der Waals surface area (Å²) in [7, 11) is 1.90. The van der Waals surface area contributed by atoms with Gasteiger partial charge in [0.1, 0.15) is 5.54 Å². The molecule has 3 heteroatoms. The van der Waals surface area contributed by atoms with Crippen LogP contribution in [0.4, 0.5) is 0 Å². The average molecular weight is 329 g/mol. The summed E-state index contributed by atoms with van der Waals surface area (Å²) in [6.45, 7) is 0. The van der Waals surface area contributed by atoms with Crippen molar-refractivity contribution in [2.45, 2.75) is 31.2 Å². The fourth-order valence-corrected chi connectivity index (χ4v) is 3.37. The summed E-state index contributed by atoms with van der Waals surface area (Å²) in [4.78, 5) is 12.2. The summed E-state index contributed by atoms with van der Waals surface area (Å²) < 4.78 is 1.17. The Morgan fingerprint density at radius 2 is 2.06 bits per heavy atom. The summed E-state index contributed by atoms with van der Waals surface area (Å²) in [6.07, 6.45) is 3.78. The molecule has 0 bridgehead atoms. The van der Waals surface area contributed by atoms with Crippen molar-refractivity contribution >= 4 is 28.4 Å². The Labute approximate surface area is 110 Å². The molecule has 2 nitrogen and oxygen atoms in total. The van der Waals surface area contributed by atoms with E-state index in [0.717, 1.165) is 24.8 Å². The van der Waals surface area contributed by atoms with Gasteiger partial charge in [-0.2, -0.15) is 0 Å². The van der Waals surface area contributed by atoms with Crippen LogP contribution in [0.2, 0.25) is 0 Å². The Hall–Kier alpha value is -0.420. The maximum atomic E-state index is 12.2. The molecule has 0 aliphatic heterocycles. The van der Waals surface area contributed by atoms with Crippen molar-refractivity contribution in [2.24, 2.45) is 0 Å². The van der Waals surface area contributed by atoms with Crippen LogP contribution in [-0.4, -0.2) is 12.8 Å². The molecule has 2 rings (SSSR count). The summed E-state index contributed by atoms with van der Waals surface area (Å²) in [5.41, 5.74) is 0.707. The van der Waals surface area contributed by atoms with Gasteiger partial charge in [0.15, 0.2) is 5.78 Å². The fourth-order valence-electron chi connectivity index (χ4n) is 2.52. The molecule has 0 spiro atoms. The molecule has 0 saturated heterocycles. The van der Waals surface area contributed by atoms with Gasteiger partial charge in [-0.05, 0) is 54.1 Å². The molecule has 1 aliphatic carbocycles. The molecule has 1 saturated carbocycles. The lowest BCUT2D eigenvalue weighted by Crippen LogP contribution is -2.49. The van der Waals surface area contributed by atoms with Gasteiger partial charge in [0.05, 0.1) is 0 Å². The number of carbonyl (C=O) groups is 1. The number of Topliss-reactive ketones (excluding diaryl/α,β-unsaturated/α-hetero) is 1. The van der Waals surface area contributed by atoms with Crippen LogP contribution in [-0.2, 0) is 10.3 Å². The highest BCUT2D eigenvalue weighted by Crippen LogP contribution is 2.36. The van der Waals surface area contributed by atoms with Gasteiger partial charge in [-0.25, -0.2) is 0 Å². The number of nitrogens with one attached hydrogen (secondary N) is 1. The van der Waals surface area contributed by atoms with Crippen LogP contribution in [0.15, 0.2) is 24.3 Å². The van der Waals surface area contributed by atoms with Crippen LogP contribution >= 0.6 is 22.6 Å². The second-order valence-electron chi connectivity index (χ2n) is 4.27. The van der Waals surface area contributed by atoms with Crippen LogP contribution in [0.25, 0.3) is 0 Å². The third-order valence-electron chi connectivity index (χ3n) is 3.44. The molecule has 1 aromatic rings. The van der Waals surface area contributed by atoms with Gasteiger partial charge in [-0.15, -0.1) is 0 Å². The Balaban J connectivity index is 2.48. The maximum Gasteiger partial charge on any atom is 0.157 e. The van der Waals surface area contributed by atoms with Crippen LogP contribution in [0.5, 0.6) is 0 Å². The zero-order valence-corrected chi connectivity index (χ0v) is 11.6. The zero-order valence-electron chi connectivity index (χ0n) is 9.42. The van der Waals surface area contributed by atoms with Crippen LogP contribution in [0.3, 0.4) is 0 Å². The predicted molar refractivity (Wildman–Crippen MR) is 73.4 cm³/mol. The Bertz CT molecular complexity index is 405. The summed E-state index contributed by atoms with van der Waals surface area (Å²) in [5, 5.41) is 3.27. The second-order valence-corrected chi connectivity index (χ2v) is 5.43. The molecule has 1 atom stereocenters. The van der Waals surface area contributed by atoms with E-state index in [0.29, 0.717) is 12.2 Å². The molecule has 1 fully saturated rings. The highest BCUT2D eigenvalue weighted by molar-refractivity contribution is 14.1. The van der Waals surface area contributed by atoms with E-state index < -0.39 is 5.54 Å². The van der Waals surface area contributed by atoms with E-state index >= 15 is 0 Å². The van der Waals surface area contributed by atoms with Crippen molar-refractivity contribution < 1.29 is 4.79 Å². The number of ketones is 1. The molecule has 16 heavy (non-hydrogen) atoms. The first kappa shape index (κ1) is 12.0. The molecule has 0 aromatic heterocycles. The summed E-state index contributed by atoms with van der Waals surface area (Å²) in [5.74, 6) is 0.338. The number of hydrogen-bond acceptors (Lipinski definition) is 2. The van der Waals surface area contributed by atoms with Gasteiger partial charge in [-0.1, -0.05) is 24.6 Å². The first-order valence-corrected chi connectivity index (χ1v) is 6.76. The summed E-state index contributed by atoms with van der Waals surface area (Å²) >= 11 is 2.31. The van der Waals surface area contributed by atoms with E-state index in [1.807, 2.05) is 19.2 Å². The number of rotatable bonds is 2. The molecule has 0 amide bonds. The highest BCUT2D eigenvalue weighted by Gasteiger charge is 2.40. The molecular formula is C13H16INO. The molecule has 1 N–H and O–H groups in total. The molecule has 86 valence electrons. The minimum Gasteiger partial charge on any atom is -0.304 e. The second kappa shape index (κ2) is 4.84. The number of carbonyl (C=O) groups excluding carboxylic acids is 1. The number of hydrogen-bond donors (Lipinski definition) is 1. The number of likely N-dealkylation sites (N-methyl/N-ethyl adjacent to an activating group) is 1. The van der Waals surface area contributed by atoms with Crippen molar-refractivity contribution in [3.63, 3.8) is 0 Å². The van der Waals surface area contributed by atoms with Crippen molar-refractivity contribution in [1.29, 1.82) is 0 Å². The smallest absolute Gasteiger partial charge is 0.157 e. The van der Waals surface area contributed by atoms with E-state index in [2.05, 4.69) is 40.0 Å². The first-order valence-electron chi connectivity index (χ1n) is 5.68. The highest BCUT2D eigenvalue weighted by atomic mass is 127. The Morgan fingerprint density at radius 1 is 1.31 bits per heavy atom. The number of benzene rings is 1. The molecule has 1 unspecified atom stereocenters. The third kappa shape index (κ3) is 1.91. The van der Waals surface area contributed by atoms with Gasteiger partial charge in [0.2, 0.25) is 0 Å². The topological polar surface area (TPSA) is 29.1 Å². The molecule has 0 radical (unpaired) electrons. The fraction of sp³-hybridized carbons (Fsp3) is 0.462. The third-order valence-corrected chi connectivity index (χ3v) is 4.38. The van der Waals surface area contributed by atoms with Gasteiger partial charge in [-0.3, -0.25) is 4.79 Å². The van der Waals surface area contributed by atoms with Gasteiger partial charge in [0, 0.05) is 9.99 Å². The van der Waals surface area contributed by atoms with Crippen molar-refractivity contribution in [3.05, 3.63) is 33.4 Å². The molecule has 1 aliphatic rings. The maximum absolute atomic E-state index is 12.2. The van der Waals surface area contributed by atoms with Gasteiger partial charge < -0.3 is 5.32 Å².